The Kier molecular flexibility index (Phi) is 3.08. The van der Waals surface area contributed by atoms with Crippen molar-refractivity contribution in [1.29, 1.82) is 0 Å². The summed E-state index contributed by atoms with van der Waals surface area (Å²) >= 11 is 1.77. The van der Waals surface area contributed by atoms with Crippen molar-refractivity contribution in [3.05, 3.63) is 18.0 Å². The maximum atomic E-state index is 4.73. The van der Waals surface area contributed by atoms with E-state index < -0.39 is 0 Å². The number of aromatic nitrogens is 1. The van der Waals surface area contributed by atoms with Crippen LogP contribution in [0.3, 0.4) is 0 Å². The van der Waals surface area contributed by atoms with Gasteiger partial charge < -0.3 is 9.84 Å². The van der Waals surface area contributed by atoms with Crippen LogP contribution in [-0.4, -0.2) is 22.6 Å². The summed E-state index contributed by atoms with van der Waals surface area (Å²) in [5.41, 5.74) is 0.909. The highest BCUT2D eigenvalue weighted by Gasteiger charge is 2.11. The fourth-order valence-corrected chi connectivity index (χ4v) is 2.05. The van der Waals surface area contributed by atoms with Gasteiger partial charge in [0, 0.05) is 18.4 Å². The minimum atomic E-state index is 0.691. The maximum absolute atomic E-state index is 4.73. The Morgan fingerprint density at radius 2 is 2.64 bits per heavy atom. The summed E-state index contributed by atoms with van der Waals surface area (Å²) in [6.45, 7) is 3.83. The number of amidine groups is 1. The summed E-state index contributed by atoms with van der Waals surface area (Å²) in [4.78, 5) is 4.42. The van der Waals surface area contributed by atoms with Crippen LogP contribution in [0.2, 0.25) is 0 Å². The standard InChI is InChI=1S/C9H13N3OS/c1-7-4-10-9(14-6-7)11-5-8-2-3-13-12-8/h2-3,7H,4-6H2,1H3,(H,10,11). The highest BCUT2D eigenvalue weighted by Crippen LogP contribution is 2.15. The molecule has 0 bridgehead atoms. The van der Waals surface area contributed by atoms with E-state index >= 15 is 0 Å². The molecule has 0 aromatic carbocycles. The highest BCUT2D eigenvalue weighted by molar-refractivity contribution is 8.13. The van der Waals surface area contributed by atoms with Gasteiger partial charge in [-0.15, -0.1) is 0 Å². The molecule has 1 aliphatic rings. The first-order valence-corrected chi connectivity index (χ1v) is 5.63. The molecule has 1 aromatic heterocycles. The molecule has 1 aromatic rings. The minimum Gasteiger partial charge on any atom is -0.364 e. The van der Waals surface area contributed by atoms with Crippen LogP contribution in [0.1, 0.15) is 12.6 Å². The molecule has 0 saturated carbocycles. The third-order valence-corrected chi connectivity index (χ3v) is 3.25. The van der Waals surface area contributed by atoms with Gasteiger partial charge in [-0.2, -0.15) is 0 Å². The van der Waals surface area contributed by atoms with Crippen LogP contribution in [0.15, 0.2) is 21.8 Å². The smallest absolute Gasteiger partial charge is 0.156 e. The van der Waals surface area contributed by atoms with Crippen molar-refractivity contribution in [2.75, 3.05) is 12.3 Å². The number of nitrogens with one attached hydrogen (secondary N) is 1. The highest BCUT2D eigenvalue weighted by atomic mass is 32.2. The Balaban J connectivity index is 1.81. The van der Waals surface area contributed by atoms with Crippen molar-refractivity contribution in [2.45, 2.75) is 13.5 Å². The van der Waals surface area contributed by atoms with Crippen LogP contribution in [-0.2, 0) is 6.54 Å². The second kappa shape index (κ2) is 4.50. The predicted molar refractivity (Wildman–Crippen MR) is 57.3 cm³/mol. The van der Waals surface area contributed by atoms with E-state index in [1.165, 1.54) is 0 Å². The van der Waals surface area contributed by atoms with E-state index in [4.69, 9.17) is 4.52 Å². The van der Waals surface area contributed by atoms with Gasteiger partial charge in [-0.05, 0) is 5.92 Å². The van der Waals surface area contributed by atoms with Crippen molar-refractivity contribution >= 4 is 16.9 Å². The summed E-state index contributed by atoms with van der Waals surface area (Å²) in [5, 5.41) is 8.07. The summed E-state index contributed by atoms with van der Waals surface area (Å²) in [5.74, 6) is 1.84. The zero-order valence-electron chi connectivity index (χ0n) is 8.06. The van der Waals surface area contributed by atoms with Gasteiger partial charge in [0.05, 0.1) is 6.54 Å². The second-order valence-electron chi connectivity index (χ2n) is 3.41. The Hall–Kier alpha value is -0.970. The number of aliphatic imine (C=N–C) groups is 1. The SMILES string of the molecule is CC1CN=C(NCc2ccon2)SC1. The lowest BCUT2D eigenvalue weighted by Gasteiger charge is -2.17. The van der Waals surface area contributed by atoms with E-state index in [1.54, 1.807) is 18.0 Å². The summed E-state index contributed by atoms with van der Waals surface area (Å²) < 4.78 is 4.73. The second-order valence-corrected chi connectivity index (χ2v) is 4.42. The quantitative estimate of drug-likeness (QED) is 0.805. The van der Waals surface area contributed by atoms with E-state index in [0.717, 1.165) is 23.2 Å². The Morgan fingerprint density at radius 1 is 1.71 bits per heavy atom. The lowest BCUT2D eigenvalue weighted by Crippen LogP contribution is -2.25. The van der Waals surface area contributed by atoms with Crippen LogP contribution in [0.5, 0.6) is 0 Å². The average Bonchev–Trinajstić information content (AvgIpc) is 2.70. The van der Waals surface area contributed by atoms with Crippen molar-refractivity contribution < 1.29 is 4.52 Å². The van der Waals surface area contributed by atoms with Gasteiger partial charge in [0.1, 0.15) is 12.0 Å². The molecule has 0 amide bonds. The summed E-state index contributed by atoms with van der Waals surface area (Å²) in [7, 11) is 0. The molecule has 1 aliphatic heterocycles. The van der Waals surface area contributed by atoms with Crippen molar-refractivity contribution in [2.24, 2.45) is 10.9 Å². The van der Waals surface area contributed by atoms with Crippen molar-refractivity contribution in [1.82, 2.24) is 10.5 Å². The molecule has 76 valence electrons. The van der Waals surface area contributed by atoms with Gasteiger partial charge in [0.15, 0.2) is 5.17 Å². The normalized spacial score (nSPS) is 21.8. The van der Waals surface area contributed by atoms with Crippen LogP contribution < -0.4 is 5.32 Å². The van der Waals surface area contributed by atoms with Gasteiger partial charge in [-0.25, -0.2) is 0 Å². The maximum Gasteiger partial charge on any atom is 0.156 e. The first-order valence-electron chi connectivity index (χ1n) is 4.65. The molecule has 14 heavy (non-hydrogen) atoms. The third kappa shape index (κ3) is 2.51. The number of hydrogen-bond donors (Lipinski definition) is 1. The predicted octanol–water partition coefficient (Wildman–Crippen LogP) is 1.50. The molecule has 0 aliphatic carbocycles. The molecule has 0 saturated heterocycles. The van der Waals surface area contributed by atoms with Crippen molar-refractivity contribution in [3.8, 4) is 0 Å². The van der Waals surface area contributed by atoms with E-state index in [9.17, 15) is 0 Å². The van der Waals surface area contributed by atoms with Gasteiger partial charge in [-0.3, -0.25) is 4.99 Å². The van der Waals surface area contributed by atoms with Crippen molar-refractivity contribution in [3.63, 3.8) is 0 Å². The minimum absolute atomic E-state index is 0.691. The van der Waals surface area contributed by atoms with Gasteiger partial charge in [0.25, 0.3) is 0 Å². The van der Waals surface area contributed by atoms with E-state index in [0.29, 0.717) is 12.5 Å². The van der Waals surface area contributed by atoms with E-state index in [-0.39, 0.29) is 0 Å². The fraction of sp³-hybridized carbons (Fsp3) is 0.556. The van der Waals surface area contributed by atoms with Crippen LogP contribution in [0.25, 0.3) is 0 Å². The number of thioether (sulfide) groups is 1. The molecule has 4 nitrogen and oxygen atoms in total. The van der Waals surface area contributed by atoms with Crippen LogP contribution >= 0.6 is 11.8 Å². The molecule has 2 heterocycles. The van der Waals surface area contributed by atoms with Crippen LogP contribution in [0, 0.1) is 5.92 Å². The van der Waals surface area contributed by atoms with Crippen LogP contribution in [0.4, 0.5) is 0 Å². The third-order valence-electron chi connectivity index (χ3n) is 1.96. The zero-order chi connectivity index (χ0) is 9.80. The Morgan fingerprint density at radius 3 is 3.29 bits per heavy atom. The first-order chi connectivity index (χ1) is 6.84. The molecule has 1 N–H and O–H groups in total. The topological polar surface area (TPSA) is 50.4 Å². The molecule has 2 rings (SSSR count). The fourth-order valence-electron chi connectivity index (χ4n) is 1.16. The molecule has 1 unspecified atom stereocenters. The lowest BCUT2D eigenvalue weighted by molar-refractivity contribution is 0.411. The summed E-state index contributed by atoms with van der Waals surface area (Å²) in [6, 6.07) is 1.85. The molecule has 0 spiro atoms. The summed E-state index contributed by atoms with van der Waals surface area (Å²) in [6.07, 6.45) is 1.58. The van der Waals surface area contributed by atoms with Gasteiger partial charge in [0.2, 0.25) is 0 Å². The largest absolute Gasteiger partial charge is 0.364 e. The monoisotopic (exact) mass is 211 g/mol. The molecule has 0 fully saturated rings. The lowest BCUT2D eigenvalue weighted by atomic mass is 10.2. The average molecular weight is 211 g/mol. The van der Waals surface area contributed by atoms with E-state index in [2.05, 4.69) is 22.4 Å². The molecular formula is C9H13N3OS. The molecular weight excluding hydrogens is 198 g/mol. The van der Waals surface area contributed by atoms with Gasteiger partial charge in [-0.1, -0.05) is 23.8 Å². The van der Waals surface area contributed by atoms with Gasteiger partial charge >= 0.3 is 0 Å². The number of nitrogens with zero attached hydrogens (tertiary/aromatic N) is 2. The molecule has 0 radical (unpaired) electrons. The number of hydrogen-bond acceptors (Lipinski definition) is 5. The Bertz CT molecular complexity index is 310. The zero-order valence-corrected chi connectivity index (χ0v) is 8.88. The Labute approximate surface area is 87.1 Å². The first kappa shape index (κ1) is 9.58. The number of rotatable bonds is 2. The van der Waals surface area contributed by atoms with E-state index in [1.807, 2.05) is 6.07 Å². The molecule has 1 atom stereocenters. The molecule has 5 heteroatoms.